The molecule has 0 N–H and O–H groups in total. The summed E-state index contributed by atoms with van der Waals surface area (Å²) in [5, 5.41) is 2.35. The van der Waals surface area contributed by atoms with Crippen LogP contribution in [0.15, 0.2) is 48.6 Å². The largest absolute Gasteiger partial charge is 0.274 e. The molecule has 3 aliphatic rings. The van der Waals surface area contributed by atoms with Gasteiger partial charge in [-0.2, -0.15) is 0 Å². The lowest BCUT2D eigenvalue weighted by Gasteiger charge is -2.19. The summed E-state index contributed by atoms with van der Waals surface area (Å²) in [4.78, 5) is 27.3. The summed E-state index contributed by atoms with van der Waals surface area (Å²) in [5.74, 6) is 0.00237. The second-order valence-corrected chi connectivity index (χ2v) is 7.03. The highest BCUT2D eigenvalue weighted by atomic mass is 35.5. The van der Waals surface area contributed by atoms with Crippen molar-refractivity contribution in [2.45, 2.75) is 6.42 Å². The molecule has 4 heteroatoms. The zero-order valence-electron chi connectivity index (χ0n) is 12.3. The molecule has 0 unspecified atom stereocenters. The summed E-state index contributed by atoms with van der Waals surface area (Å²) in [5.41, 5.74) is 0.661. The van der Waals surface area contributed by atoms with E-state index in [-0.39, 0.29) is 35.5 Å². The van der Waals surface area contributed by atoms with Crippen molar-refractivity contribution in [2.24, 2.45) is 23.7 Å². The highest BCUT2D eigenvalue weighted by molar-refractivity contribution is 6.37. The molecule has 1 saturated heterocycles. The molecule has 0 spiro atoms. The third-order valence-corrected chi connectivity index (χ3v) is 5.89. The number of hydrogen-bond acceptors (Lipinski definition) is 2. The Morgan fingerprint density at radius 2 is 1.48 bits per heavy atom. The zero-order valence-corrected chi connectivity index (χ0v) is 13.0. The van der Waals surface area contributed by atoms with Gasteiger partial charge in [-0.1, -0.05) is 48.0 Å². The summed E-state index contributed by atoms with van der Waals surface area (Å²) < 4.78 is 0. The number of carbonyl (C=O) groups is 2. The number of rotatable bonds is 1. The quantitative estimate of drug-likeness (QED) is 0.591. The number of imide groups is 1. The lowest BCUT2D eigenvalue weighted by Crippen LogP contribution is -2.33. The van der Waals surface area contributed by atoms with Gasteiger partial charge in [0.05, 0.1) is 17.5 Å². The summed E-state index contributed by atoms with van der Waals surface area (Å²) in [7, 11) is 0. The number of nitrogens with zero attached hydrogens (tertiary/aromatic N) is 1. The fourth-order valence-electron chi connectivity index (χ4n) is 4.58. The van der Waals surface area contributed by atoms with Crippen LogP contribution in [-0.4, -0.2) is 11.8 Å². The van der Waals surface area contributed by atoms with E-state index in [1.54, 1.807) is 12.1 Å². The molecule has 3 nitrogen and oxygen atoms in total. The maximum atomic E-state index is 13.0. The number of amides is 2. The number of benzene rings is 2. The van der Waals surface area contributed by atoms with E-state index in [1.807, 2.05) is 24.3 Å². The van der Waals surface area contributed by atoms with Gasteiger partial charge in [-0.15, -0.1) is 0 Å². The molecule has 4 atom stereocenters. The Bertz CT molecular complexity index is 873. The minimum absolute atomic E-state index is 0.0516. The predicted molar refractivity (Wildman–Crippen MR) is 89.2 cm³/mol. The first kappa shape index (κ1) is 13.3. The first-order chi connectivity index (χ1) is 11.2. The Morgan fingerprint density at radius 3 is 2.13 bits per heavy atom. The lowest BCUT2D eigenvalue weighted by atomic mass is 9.85. The molecule has 1 heterocycles. The first-order valence-corrected chi connectivity index (χ1v) is 8.28. The van der Waals surface area contributed by atoms with Crippen molar-refractivity contribution in [3.63, 3.8) is 0 Å². The average Bonchev–Trinajstić information content (AvgIpc) is 3.24. The first-order valence-electron chi connectivity index (χ1n) is 7.90. The maximum Gasteiger partial charge on any atom is 0.238 e. The Labute approximate surface area is 138 Å². The molecule has 2 aliphatic carbocycles. The molecule has 5 rings (SSSR count). The van der Waals surface area contributed by atoms with Gasteiger partial charge >= 0.3 is 0 Å². The molecule has 2 fully saturated rings. The maximum absolute atomic E-state index is 13.0. The van der Waals surface area contributed by atoms with Crippen LogP contribution in [0.1, 0.15) is 6.42 Å². The van der Waals surface area contributed by atoms with Crippen LogP contribution in [0.2, 0.25) is 5.02 Å². The van der Waals surface area contributed by atoms with E-state index < -0.39 is 0 Å². The van der Waals surface area contributed by atoms with Crippen LogP contribution in [0.3, 0.4) is 0 Å². The van der Waals surface area contributed by atoms with Crippen LogP contribution in [0, 0.1) is 23.7 Å². The van der Waals surface area contributed by atoms with E-state index in [9.17, 15) is 9.59 Å². The minimum Gasteiger partial charge on any atom is -0.274 e. The highest BCUT2D eigenvalue weighted by Crippen LogP contribution is 2.53. The van der Waals surface area contributed by atoms with Gasteiger partial charge in [0, 0.05) is 15.8 Å². The molecule has 2 aromatic rings. The van der Waals surface area contributed by atoms with E-state index >= 15 is 0 Å². The van der Waals surface area contributed by atoms with Crippen molar-refractivity contribution in [1.29, 1.82) is 0 Å². The Morgan fingerprint density at radius 1 is 0.870 bits per heavy atom. The van der Waals surface area contributed by atoms with Crippen LogP contribution < -0.4 is 4.90 Å². The van der Waals surface area contributed by atoms with Crippen LogP contribution in [0.25, 0.3) is 10.8 Å². The van der Waals surface area contributed by atoms with Gasteiger partial charge in [0.2, 0.25) is 11.8 Å². The monoisotopic (exact) mass is 323 g/mol. The Hall–Kier alpha value is -2.13. The predicted octanol–water partition coefficient (Wildman–Crippen LogP) is 3.80. The van der Waals surface area contributed by atoms with Crippen molar-refractivity contribution in [3.05, 3.63) is 53.6 Å². The average molecular weight is 324 g/mol. The molecule has 114 valence electrons. The fraction of sp³-hybridized carbons (Fsp3) is 0.263. The number of hydrogen-bond donors (Lipinski definition) is 0. The van der Waals surface area contributed by atoms with E-state index in [2.05, 4.69) is 12.2 Å². The van der Waals surface area contributed by atoms with E-state index in [0.29, 0.717) is 10.7 Å². The molecule has 2 bridgehead atoms. The van der Waals surface area contributed by atoms with Gasteiger partial charge < -0.3 is 0 Å². The van der Waals surface area contributed by atoms with Crippen molar-refractivity contribution in [3.8, 4) is 0 Å². The van der Waals surface area contributed by atoms with Gasteiger partial charge in [-0.3, -0.25) is 9.59 Å². The van der Waals surface area contributed by atoms with E-state index in [4.69, 9.17) is 11.6 Å². The zero-order chi connectivity index (χ0) is 15.7. The van der Waals surface area contributed by atoms with Gasteiger partial charge in [-0.05, 0) is 30.4 Å². The molecule has 1 aliphatic heterocycles. The van der Waals surface area contributed by atoms with Crippen LogP contribution in [0.4, 0.5) is 5.69 Å². The van der Waals surface area contributed by atoms with Crippen molar-refractivity contribution in [1.82, 2.24) is 0 Å². The van der Waals surface area contributed by atoms with Crippen LogP contribution in [0.5, 0.6) is 0 Å². The van der Waals surface area contributed by atoms with Gasteiger partial charge in [0.1, 0.15) is 0 Å². The summed E-state index contributed by atoms with van der Waals surface area (Å²) in [6.45, 7) is 0. The summed E-state index contributed by atoms with van der Waals surface area (Å²) in [6.07, 6.45) is 5.17. The van der Waals surface area contributed by atoms with Crippen LogP contribution >= 0.6 is 11.6 Å². The molecule has 2 amide bonds. The summed E-state index contributed by atoms with van der Waals surface area (Å²) in [6, 6.07) is 11.2. The lowest BCUT2D eigenvalue weighted by molar-refractivity contribution is -0.123. The highest BCUT2D eigenvalue weighted by Gasteiger charge is 2.59. The van der Waals surface area contributed by atoms with Gasteiger partial charge in [0.15, 0.2) is 0 Å². The van der Waals surface area contributed by atoms with Crippen LogP contribution in [-0.2, 0) is 9.59 Å². The molecule has 23 heavy (non-hydrogen) atoms. The minimum atomic E-state index is -0.174. The van der Waals surface area contributed by atoms with Crippen molar-refractivity contribution < 1.29 is 9.59 Å². The third kappa shape index (κ3) is 1.61. The summed E-state index contributed by atoms with van der Waals surface area (Å²) >= 11 is 6.26. The number of halogens is 1. The second-order valence-electron chi connectivity index (χ2n) is 6.62. The molecule has 2 aromatic carbocycles. The Balaban J connectivity index is 1.68. The van der Waals surface area contributed by atoms with E-state index in [0.717, 1.165) is 17.2 Å². The van der Waals surface area contributed by atoms with Crippen molar-refractivity contribution in [2.75, 3.05) is 4.90 Å². The number of carbonyl (C=O) groups excluding carboxylic acids is 2. The smallest absolute Gasteiger partial charge is 0.238 e. The number of allylic oxidation sites excluding steroid dienone is 2. The van der Waals surface area contributed by atoms with Crippen molar-refractivity contribution >= 4 is 39.9 Å². The fourth-order valence-corrected chi connectivity index (χ4v) is 4.81. The Kier molecular flexibility index (Phi) is 2.58. The number of fused-ring (bicyclic) bond motifs is 6. The normalized spacial score (nSPS) is 31.4. The molecule has 1 saturated carbocycles. The molecule has 0 radical (unpaired) electrons. The molecular formula is C19H14ClNO2. The second kappa shape index (κ2) is 4.45. The van der Waals surface area contributed by atoms with Gasteiger partial charge in [-0.25, -0.2) is 4.90 Å². The standard InChI is InChI=1S/C19H14ClNO2/c20-14-7-8-15(13-4-2-1-3-12(13)14)21-18(22)16-10-5-6-11(9-10)17(16)19(21)23/h1-8,10-11,16-17H,9H2/t10-,11+,16-,17+. The molecule has 0 aromatic heterocycles. The third-order valence-electron chi connectivity index (χ3n) is 5.56. The topological polar surface area (TPSA) is 37.4 Å². The SMILES string of the molecule is O=C1[C@@H]2[C@H](C(=O)N1c1ccc(Cl)c3ccccc13)[C@@H]1C=C[C@H]2C1. The molecular weight excluding hydrogens is 310 g/mol. The van der Waals surface area contributed by atoms with E-state index in [1.165, 1.54) is 4.90 Å². The van der Waals surface area contributed by atoms with Gasteiger partial charge in [0.25, 0.3) is 0 Å². The number of anilines is 1.